The third-order valence-corrected chi connectivity index (χ3v) is 7.65. The molecule has 0 spiro atoms. The van der Waals surface area contributed by atoms with Gasteiger partial charge in [-0.25, -0.2) is 4.79 Å². The van der Waals surface area contributed by atoms with Crippen molar-refractivity contribution >= 4 is 5.97 Å². The van der Waals surface area contributed by atoms with E-state index < -0.39 is 46.7 Å². The number of piperidine rings is 1. The number of fused-ring (bicyclic) bond motifs is 2. The van der Waals surface area contributed by atoms with E-state index in [1.165, 1.54) is 0 Å². The largest absolute Gasteiger partial charge is 0.456 e. The number of alkyl halides is 6. The first-order chi connectivity index (χ1) is 18.0. The molecule has 0 amide bonds. The lowest BCUT2D eigenvalue weighted by Crippen LogP contribution is -2.56. The molecule has 3 aromatic rings. The molecule has 2 saturated heterocycles. The van der Waals surface area contributed by atoms with Crippen LogP contribution in [0.1, 0.15) is 58.3 Å². The van der Waals surface area contributed by atoms with Gasteiger partial charge >= 0.3 is 18.3 Å². The number of halogens is 6. The van der Waals surface area contributed by atoms with Crippen LogP contribution >= 0.6 is 0 Å². The summed E-state index contributed by atoms with van der Waals surface area (Å²) in [5.41, 5.74) is -2.68. The van der Waals surface area contributed by atoms with E-state index in [2.05, 4.69) is 4.90 Å². The highest BCUT2D eigenvalue weighted by molar-refractivity contribution is 5.90. The Kier molecular flexibility index (Phi) is 6.75. The lowest BCUT2D eigenvalue weighted by Gasteiger charge is -2.49. The number of ether oxygens (including phenoxy) is 1. The predicted molar refractivity (Wildman–Crippen MR) is 128 cm³/mol. The normalized spacial score (nSPS) is 23.8. The van der Waals surface area contributed by atoms with Crippen molar-refractivity contribution in [1.29, 1.82) is 0 Å². The summed E-state index contributed by atoms with van der Waals surface area (Å²) in [6.07, 6.45) is -8.27. The molecule has 3 nitrogen and oxygen atoms in total. The molecule has 3 aromatic carbocycles. The Morgan fingerprint density at radius 1 is 0.816 bits per heavy atom. The van der Waals surface area contributed by atoms with Crippen LogP contribution in [0, 0.1) is 0 Å². The molecule has 0 saturated carbocycles. The molecule has 200 valence electrons. The Hall–Kier alpha value is -3.33. The Morgan fingerprint density at radius 2 is 1.39 bits per heavy atom. The molecule has 38 heavy (non-hydrogen) atoms. The van der Waals surface area contributed by atoms with E-state index in [0.29, 0.717) is 37.9 Å². The van der Waals surface area contributed by atoms with Gasteiger partial charge < -0.3 is 4.74 Å². The molecule has 5 rings (SSSR count). The summed E-state index contributed by atoms with van der Waals surface area (Å²) in [7, 11) is 0. The lowest BCUT2D eigenvalue weighted by molar-refractivity contribution is -0.143. The molecule has 2 fully saturated rings. The maximum absolute atomic E-state index is 13.4. The first kappa shape index (κ1) is 26.3. The summed E-state index contributed by atoms with van der Waals surface area (Å²) in [4.78, 5) is 15.5. The fraction of sp³-hybridized carbons (Fsp3) is 0.345. The third kappa shape index (κ3) is 4.91. The monoisotopic (exact) mass is 533 g/mol. The van der Waals surface area contributed by atoms with Crippen LogP contribution in [0.4, 0.5) is 26.3 Å². The smallest absolute Gasteiger partial charge is 0.416 e. The van der Waals surface area contributed by atoms with Crippen molar-refractivity contribution in [2.24, 2.45) is 0 Å². The number of carbonyl (C=O) groups excluding carboxylic acids is 1. The van der Waals surface area contributed by atoms with Gasteiger partial charge in [0.05, 0.1) is 22.2 Å². The minimum Gasteiger partial charge on any atom is -0.456 e. The summed E-state index contributed by atoms with van der Waals surface area (Å²) in [6.45, 7) is 0.566. The molecule has 2 bridgehead atoms. The van der Waals surface area contributed by atoms with E-state index in [1.807, 2.05) is 60.7 Å². The number of esters is 1. The lowest BCUT2D eigenvalue weighted by atomic mass is 9.78. The maximum Gasteiger partial charge on any atom is 0.416 e. The van der Waals surface area contributed by atoms with Crippen LogP contribution in [-0.2, 0) is 29.2 Å². The van der Waals surface area contributed by atoms with Gasteiger partial charge in [-0.2, -0.15) is 26.3 Å². The van der Waals surface area contributed by atoms with Gasteiger partial charge in [0.15, 0.2) is 0 Å². The van der Waals surface area contributed by atoms with Crippen LogP contribution in [0.25, 0.3) is 0 Å². The van der Waals surface area contributed by atoms with Gasteiger partial charge in [0.1, 0.15) is 6.10 Å². The van der Waals surface area contributed by atoms with Gasteiger partial charge in [0.25, 0.3) is 0 Å². The number of hydrogen-bond donors (Lipinski definition) is 0. The molecule has 2 heterocycles. The highest BCUT2D eigenvalue weighted by Crippen LogP contribution is 2.52. The quantitative estimate of drug-likeness (QED) is 0.250. The van der Waals surface area contributed by atoms with E-state index in [0.717, 1.165) is 17.5 Å². The van der Waals surface area contributed by atoms with E-state index in [1.54, 1.807) is 0 Å². The zero-order valence-electron chi connectivity index (χ0n) is 20.2. The predicted octanol–water partition coefficient (Wildman–Crippen LogP) is 7.60. The van der Waals surface area contributed by atoms with Crippen molar-refractivity contribution in [2.45, 2.75) is 62.3 Å². The molecule has 0 aromatic heterocycles. The van der Waals surface area contributed by atoms with Crippen LogP contribution < -0.4 is 0 Å². The van der Waals surface area contributed by atoms with E-state index in [9.17, 15) is 31.1 Å². The summed E-state index contributed by atoms with van der Waals surface area (Å²) in [5, 5.41) is 0. The van der Waals surface area contributed by atoms with Crippen molar-refractivity contribution in [1.82, 2.24) is 4.90 Å². The molecule has 0 radical (unpaired) electrons. The Labute approximate surface area is 216 Å². The first-order valence-corrected chi connectivity index (χ1v) is 12.3. The average molecular weight is 534 g/mol. The summed E-state index contributed by atoms with van der Waals surface area (Å²) >= 11 is 0. The minimum atomic E-state index is -5.06. The topological polar surface area (TPSA) is 29.5 Å². The van der Waals surface area contributed by atoms with Gasteiger partial charge in [-0.05, 0) is 55.0 Å². The van der Waals surface area contributed by atoms with Crippen LogP contribution in [-0.4, -0.2) is 23.0 Å². The van der Waals surface area contributed by atoms with Crippen LogP contribution in [0.15, 0.2) is 78.9 Å². The molecule has 0 unspecified atom stereocenters. The number of rotatable bonds is 5. The fourth-order valence-corrected chi connectivity index (χ4v) is 5.94. The molecule has 3 atom stereocenters. The van der Waals surface area contributed by atoms with Gasteiger partial charge in [0, 0.05) is 12.6 Å². The molecule has 0 aliphatic carbocycles. The van der Waals surface area contributed by atoms with Crippen molar-refractivity contribution in [2.75, 3.05) is 0 Å². The number of carbonyl (C=O) groups is 1. The molecule has 9 heteroatoms. The van der Waals surface area contributed by atoms with Crippen molar-refractivity contribution < 1.29 is 35.9 Å². The number of benzene rings is 3. The second-order valence-electron chi connectivity index (χ2n) is 9.86. The average Bonchev–Trinajstić information content (AvgIpc) is 3.13. The molecule has 2 aliphatic heterocycles. The van der Waals surface area contributed by atoms with Crippen molar-refractivity contribution in [3.63, 3.8) is 0 Å². The van der Waals surface area contributed by atoms with E-state index >= 15 is 0 Å². The third-order valence-electron chi connectivity index (χ3n) is 7.65. The second-order valence-corrected chi connectivity index (χ2v) is 9.86. The number of nitrogens with zero attached hydrogens (tertiary/aromatic N) is 1. The Morgan fingerprint density at radius 3 is 1.97 bits per heavy atom. The SMILES string of the molecule is O=C(O[C@@H]1CC[C@@H]2CC[C@]1(c1ccccc1)N2Cc1ccccc1)c1cc(C(F)(F)F)cc(C(F)(F)F)c1. The molecule has 2 aliphatic rings. The van der Waals surface area contributed by atoms with Crippen molar-refractivity contribution in [3.8, 4) is 0 Å². The zero-order chi connectivity index (χ0) is 27.1. The van der Waals surface area contributed by atoms with Crippen LogP contribution in [0.2, 0.25) is 0 Å². The second kappa shape index (κ2) is 9.76. The van der Waals surface area contributed by atoms with Gasteiger partial charge in [-0.1, -0.05) is 60.7 Å². The van der Waals surface area contributed by atoms with Gasteiger partial charge in [-0.15, -0.1) is 0 Å². The van der Waals surface area contributed by atoms with E-state index in [-0.39, 0.29) is 12.1 Å². The summed E-state index contributed by atoms with van der Waals surface area (Å²) < 4.78 is 86.2. The van der Waals surface area contributed by atoms with Crippen LogP contribution in [0.3, 0.4) is 0 Å². The number of hydrogen-bond acceptors (Lipinski definition) is 3. The van der Waals surface area contributed by atoms with E-state index in [4.69, 9.17) is 4.74 Å². The Bertz CT molecular complexity index is 1260. The fourth-order valence-electron chi connectivity index (χ4n) is 5.94. The highest BCUT2D eigenvalue weighted by Gasteiger charge is 2.57. The molecular weight excluding hydrogens is 508 g/mol. The highest BCUT2D eigenvalue weighted by atomic mass is 19.4. The maximum atomic E-state index is 13.4. The first-order valence-electron chi connectivity index (χ1n) is 12.3. The zero-order valence-corrected chi connectivity index (χ0v) is 20.2. The Balaban J connectivity index is 1.53. The van der Waals surface area contributed by atoms with Crippen LogP contribution in [0.5, 0.6) is 0 Å². The van der Waals surface area contributed by atoms with Crippen molar-refractivity contribution in [3.05, 3.63) is 107 Å². The minimum absolute atomic E-state index is 0.00596. The summed E-state index contributed by atoms with van der Waals surface area (Å²) in [5.74, 6) is -1.20. The molecule has 0 N–H and O–H groups in total. The van der Waals surface area contributed by atoms with Gasteiger partial charge in [0.2, 0.25) is 0 Å². The standard InChI is InChI=1S/C29H25F6NO2/c30-28(31,32)22-15-20(16-23(17-22)29(33,34)35)26(37)38-25-12-11-24-13-14-27(25,21-9-5-2-6-10-21)36(24)18-19-7-3-1-4-8-19/h1-10,15-17,24-25H,11-14,18H2/t24-,25-,27-/m1/s1. The summed E-state index contributed by atoms with van der Waals surface area (Å²) in [6, 6.07) is 20.3. The van der Waals surface area contributed by atoms with Gasteiger partial charge in [-0.3, -0.25) is 4.90 Å². The molecular formula is C29H25F6NO2.